The Bertz CT molecular complexity index is 281. The lowest BCUT2D eigenvalue weighted by atomic mass is 10.4. The van der Waals surface area contributed by atoms with Gasteiger partial charge in [-0.1, -0.05) is 25.3 Å². The zero-order valence-corrected chi connectivity index (χ0v) is 10.4. The molecule has 0 aromatic carbocycles. The van der Waals surface area contributed by atoms with Gasteiger partial charge in [-0.25, -0.2) is 0 Å². The van der Waals surface area contributed by atoms with Gasteiger partial charge in [-0.2, -0.15) is 0 Å². The topological polar surface area (TPSA) is 78.6 Å². The molecular weight excluding hydrogens is 242 g/mol. The summed E-state index contributed by atoms with van der Waals surface area (Å²) < 4.78 is 9.50. The largest absolute Gasteiger partial charge is 0.461 e. The number of hydrogen-bond donors (Lipinski definition) is 1. The fraction of sp³-hybridized carbons (Fsp3) is 0.455. The molecular formula is C11H17NO4S. The molecule has 0 aliphatic carbocycles. The van der Waals surface area contributed by atoms with Crippen molar-refractivity contribution in [3.8, 4) is 0 Å². The van der Waals surface area contributed by atoms with Crippen LogP contribution in [0.5, 0.6) is 0 Å². The Morgan fingerprint density at radius 3 is 2.41 bits per heavy atom. The zero-order chi connectivity index (χ0) is 13.1. The van der Waals surface area contributed by atoms with Gasteiger partial charge in [-0.3, -0.25) is 9.59 Å². The normalized spacial score (nSPS) is 11.4. The summed E-state index contributed by atoms with van der Waals surface area (Å²) in [5.74, 6) is -0.409. The molecule has 0 unspecified atom stereocenters. The maximum atomic E-state index is 11.2. The second-order valence-electron chi connectivity index (χ2n) is 3.01. The summed E-state index contributed by atoms with van der Waals surface area (Å²) in [5, 5.41) is 0. The molecule has 0 rings (SSSR count). The predicted octanol–water partition coefficient (Wildman–Crippen LogP) is 0.505. The molecule has 0 spiro atoms. The number of ether oxygens (including phenoxy) is 2. The summed E-state index contributed by atoms with van der Waals surface area (Å²) in [6.07, 6.45) is 2.95. The number of esters is 2. The van der Waals surface area contributed by atoms with Crippen molar-refractivity contribution >= 4 is 23.7 Å². The van der Waals surface area contributed by atoms with Crippen molar-refractivity contribution in [1.82, 2.24) is 0 Å². The maximum absolute atomic E-state index is 11.2. The molecule has 0 saturated heterocycles. The molecule has 0 radical (unpaired) electrons. The van der Waals surface area contributed by atoms with Crippen LogP contribution in [0.1, 0.15) is 0 Å². The van der Waals surface area contributed by atoms with E-state index >= 15 is 0 Å². The quantitative estimate of drug-likeness (QED) is 0.480. The second kappa shape index (κ2) is 9.92. The van der Waals surface area contributed by atoms with Crippen molar-refractivity contribution in [2.45, 2.75) is 6.04 Å². The molecule has 0 fully saturated rings. The lowest BCUT2D eigenvalue weighted by Gasteiger charge is -2.09. The number of carbonyl (C=O) groups excluding carboxylic acids is 2. The van der Waals surface area contributed by atoms with Gasteiger partial charge in [0.2, 0.25) is 0 Å². The molecule has 1 atom stereocenters. The molecule has 0 aromatic heterocycles. The van der Waals surface area contributed by atoms with E-state index in [4.69, 9.17) is 15.2 Å². The van der Waals surface area contributed by atoms with Crippen LogP contribution >= 0.6 is 11.8 Å². The van der Waals surface area contributed by atoms with Crippen LogP contribution in [-0.2, 0) is 19.1 Å². The highest BCUT2D eigenvalue weighted by molar-refractivity contribution is 8.00. The van der Waals surface area contributed by atoms with Gasteiger partial charge >= 0.3 is 11.9 Å². The number of nitrogens with two attached hydrogens (primary N) is 1. The summed E-state index contributed by atoms with van der Waals surface area (Å²) in [5.41, 5.74) is 5.55. The van der Waals surface area contributed by atoms with Crippen LogP contribution in [0.25, 0.3) is 0 Å². The number of carbonyl (C=O) groups is 2. The monoisotopic (exact) mass is 259 g/mol. The predicted molar refractivity (Wildman–Crippen MR) is 67.6 cm³/mol. The van der Waals surface area contributed by atoms with Crippen LogP contribution in [0.4, 0.5) is 0 Å². The highest BCUT2D eigenvalue weighted by Gasteiger charge is 2.15. The summed E-state index contributed by atoms with van der Waals surface area (Å²) in [7, 11) is 0. The third kappa shape index (κ3) is 8.53. The Morgan fingerprint density at radius 1 is 1.24 bits per heavy atom. The lowest BCUT2D eigenvalue weighted by Crippen LogP contribution is -2.35. The molecule has 0 aliphatic rings. The average molecular weight is 259 g/mol. The molecule has 96 valence electrons. The van der Waals surface area contributed by atoms with Crippen molar-refractivity contribution in [3.05, 3.63) is 25.3 Å². The Labute approximate surface area is 105 Å². The first-order valence-electron chi connectivity index (χ1n) is 4.99. The van der Waals surface area contributed by atoms with Crippen molar-refractivity contribution in [1.29, 1.82) is 0 Å². The van der Waals surface area contributed by atoms with E-state index in [9.17, 15) is 9.59 Å². The lowest BCUT2D eigenvalue weighted by molar-refractivity contribution is -0.143. The minimum absolute atomic E-state index is 0.137. The van der Waals surface area contributed by atoms with Crippen molar-refractivity contribution in [2.75, 3.05) is 24.7 Å². The van der Waals surface area contributed by atoms with E-state index in [1.807, 2.05) is 0 Å². The van der Waals surface area contributed by atoms with Gasteiger partial charge in [0.15, 0.2) is 0 Å². The molecule has 0 amide bonds. The van der Waals surface area contributed by atoms with E-state index < -0.39 is 12.0 Å². The second-order valence-corrected chi connectivity index (χ2v) is 4.04. The van der Waals surface area contributed by atoms with E-state index in [-0.39, 0.29) is 24.9 Å². The van der Waals surface area contributed by atoms with E-state index in [0.717, 1.165) is 0 Å². The number of thioether (sulfide) groups is 1. The third-order valence-electron chi connectivity index (χ3n) is 1.53. The maximum Gasteiger partial charge on any atom is 0.324 e. The fourth-order valence-corrected chi connectivity index (χ4v) is 1.54. The van der Waals surface area contributed by atoms with Gasteiger partial charge in [0.05, 0.1) is 5.75 Å². The summed E-state index contributed by atoms with van der Waals surface area (Å²) in [4.78, 5) is 22.3. The first-order valence-corrected chi connectivity index (χ1v) is 6.14. The van der Waals surface area contributed by atoms with E-state index in [2.05, 4.69) is 13.2 Å². The van der Waals surface area contributed by atoms with E-state index in [0.29, 0.717) is 5.75 Å². The smallest absolute Gasteiger partial charge is 0.324 e. The van der Waals surface area contributed by atoms with Crippen LogP contribution in [0.2, 0.25) is 0 Å². The molecule has 0 bridgehead atoms. The summed E-state index contributed by atoms with van der Waals surface area (Å²) >= 11 is 1.22. The SMILES string of the molecule is C=CCOC(=O)CSC[C@H](N)C(=O)OCC=C. The standard InChI is InChI=1S/C11H17NO4S/c1-3-5-15-10(13)8-17-7-9(12)11(14)16-6-4-2/h3-4,9H,1-2,5-8,12H2/t9-/m0/s1. The number of hydrogen-bond acceptors (Lipinski definition) is 6. The van der Waals surface area contributed by atoms with Crippen molar-refractivity contribution in [2.24, 2.45) is 5.73 Å². The highest BCUT2D eigenvalue weighted by Crippen LogP contribution is 2.04. The molecule has 6 heteroatoms. The van der Waals surface area contributed by atoms with Gasteiger partial charge in [0.25, 0.3) is 0 Å². The minimum Gasteiger partial charge on any atom is -0.461 e. The molecule has 17 heavy (non-hydrogen) atoms. The summed E-state index contributed by atoms with van der Waals surface area (Å²) in [6, 6.07) is -0.743. The minimum atomic E-state index is -0.743. The molecule has 0 saturated carbocycles. The Morgan fingerprint density at radius 2 is 1.82 bits per heavy atom. The third-order valence-corrected chi connectivity index (χ3v) is 2.56. The first-order chi connectivity index (χ1) is 8.11. The number of rotatable bonds is 9. The van der Waals surface area contributed by atoms with Crippen LogP contribution in [0.3, 0.4) is 0 Å². The first kappa shape index (κ1) is 15.7. The Hall–Kier alpha value is -1.27. The van der Waals surface area contributed by atoms with Crippen LogP contribution < -0.4 is 5.73 Å². The molecule has 5 nitrogen and oxygen atoms in total. The Kier molecular flexibility index (Phi) is 9.18. The van der Waals surface area contributed by atoms with Crippen molar-refractivity contribution in [3.63, 3.8) is 0 Å². The van der Waals surface area contributed by atoms with Gasteiger partial charge in [0.1, 0.15) is 19.3 Å². The summed E-state index contributed by atoms with van der Waals surface area (Å²) in [6.45, 7) is 7.16. The van der Waals surface area contributed by atoms with Crippen molar-refractivity contribution < 1.29 is 19.1 Å². The van der Waals surface area contributed by atoms with E-state index in [1.54, 1.807) is 0 Å². The van der Waals surface area contributed by atoms with Crippen LogP contribution in [-0.4, -0.2) is 42.7 Å². The van der Waals surface area contributed by atoms with Gasteiger partial charge in [-0.05, 0) is 0 Å². The zero-order valence-electron chi connectivity index (χ0n) is 9.59. The fourth-order valence-electron chi connectivity index (χ4n) is 0.779. The Balaban J connectivity index is 3.65. The molecule has 2 N–H and O–H groups in total. The van der Waals surface area contributed by atoms with Crippen LogP contribution in [0, 0.1) is 0 Å². The van der Waals surface area contributed by atoms with E-state index in [1.165, 1.54) is 23.9 Å². The molecule has 0 aliphatic heterocycles. The van der Waals surface area contributed by atoms with Crippen LogP contribution in [0.15, 0.2) is 25.3 Å². The van der Waals surface area contributed by atoms with Gasteiger partial charge in [0, 0.05) is 5.75 Å². The molecule has 0 heterocycles. The molecule has 0 aromatic rings. The highest BCUT2D eigenvalue weighted by atomic mass is 32.2. The average Bonchev–Trinajstić information content (AvgIpc) is 2.33. The van der Waals surface area contributed by atoms with Gasteiger partial charge < -0.3 is 15.2 Å². The van der Waals surface area contributed by atoms with Gasteiger partial charge in [-0.15, -0.1) is 11.8 Å².